The zero-order valence-corrected chi connectivity index (χ0v) is 10.6. The Morgan fingerprint density at radius 1 is 1.50 bits per heavy atom. The zero-order chi connectivity index (χ0) is 12.1. The van der Waals surface area contributed by atoms with Crippen LogP contribution in [-0.4, -0.2) is 24.7 Å². The number of nitrogens with two attached hydrogens (primary N) is 1. The fraction of sp³-hybridized carbons (Fsp3) is 0.545. The topological polar surface area (TPSA) is 60.2 Å². The van der Waals surface area contributed by atoms with Crippen molar-refractivity contribution < 1.29 is 4.74 Å². The average Bonchev–Trinajstić information content (AvgIpc) is 2.15. The number of anilines is 2. The van der Waals surface area contributed by atoms with Crippen LogP contribution in [0.25, 0.3) is 0 Å². The molecule has 1 unspecified atom stereocenters. The highest BCUT2D eigenvalue weighted by atomic mass is 35.5. The maximum atomic E-state index is 5.83. The Balaban J connectivity index is 2.76. The first-order valence-corrected chi connectivity index (χ1v) is 5.59. The molecule has 0 saturated carbocycles. The molecule has 0 bridgehead atoms. The number of nitrogen functional groups attached to an aromatic ring is 1. The highest BCUT2D eigenvalue weighted by Crippen LogP contribution is 2.18. The highest BCUT2D eigenvalue weighted by molar-refractivity contribution is 6.29. The summed E-state index contributed by atoms with van der Waals surface area (Å²) in [4.78, 5) is 4.16. The van der Waals surface area contributed by atoms with Gasteiger partial charge in [-0.15, -0.1) is 0 Å². The second-order valence-corrected chi connectivity index (χ2v) is 4.45. The minimum atomic E-state index is 0.190. The molecule has 1 atom stereocenters. The van der Waals surface area contributed by atoms with Crippen LogP contribution in [0.4, 0.5) is 11.5 Å². The minimum Gasteiger partial charge on any atom is -0.399 e. The molecule has 0 fully saturated rings. The third-order valence-electron chi connectivity index (χ3n) is 2.30. The Labute approximate surface area is 101 Å². The van der Waals surface area contributed by atoms with Gasteiger partial charge in [-0.05, 0) is 12.0 Å². The molecule has 5 heteroatoms. The fourth-order valence-electron chi connectivity index (χ4n) is 1.36. The van der Waals surface area contributed by atoms with Crippen molar-refractivity contribution in [3.05, 3.63) is 17.3 Å². The molecule has 1 aromatic heterocycles. The summed E-state index contributed by atoms with van der Waals surface area (Å²) in [6.45, 7) is 4.85. The number of aromatic nitrogens is 1. The molecular weight excluding hydrogens is 226 g/mol. The Bertz CT molecular complexity index is 324. The lowest BCUT2D eigenvalue weighted by atomic mass is 10.1. The van der Waals surface area contributed by atoms with Crippen molar-refractivity contribution in [1.29, 1.82) is 0 Å². The number of halogens is 1. The van der Waals surface area contributed by atoms with Gasteiger partial charge >= 0.3 is 0 Å². The maximum Gasteiger partial charge on any atom is 0.133 e. The lowest BCUT2D eigenvalue weighted by molar-refractivity contribution is 0.171. The first-order valence-electron chi connectivity index (χ1n) is 5.21. The molecule has 0 aromatic carbocycles. The molecule has 1 aromatic rings. The molecule has 0 saturated heterocycles. The second kappa shape index (κ2) is 5.92. The first kappa shape index (κ1) is 13.1. The van der Waals surface area contributed by atoms with E-state index in [4.69, 9.17) is 22.1 Å². The zero-order valence-electron chi connectivity index (χ0n) is 9.83. The van der Waals surface area contributed by atoms with Crippen molar-refractivity contribution in [2.24, 2.45) is 5.92 Å². The predicted molar refractivity (Wildman–Crippen MR) is 67.8 cm³/mol. The number of rotatable bonds is 5. The van der Waals surface area contributed by atoms with Gasteiger partial charge in [-0.1, -0.05) is 25.4 Å². The Kier molecular flexibility index (Phi) is 4.83. The monoisotopic (exact) mass is 243 g/mol. The van der Waals surface area contributed by atoms with E-state index in [2.05, 4.69) is 24.1 Å². The molecule has 0 aliphatic rings. The first-order chi connectivity index (χ1) is 7.52. The van der Waals surface area contributed by atoms with Gasteiger partial charge in [0.15, 0.2) is 0 Å². The maximum absolute atomic E-state index is 5.83. The minimum absolute atomic E-state index is 0.190. The fourth-order valence-corrected chi connectivity index (χ4v) is 1.58. The standard InChI is InChI=1S/C11H18ClN3O/c1-7(2)9(6-16-3)14-11-5-8(13)4-10(12)15-11/h4-5,7,9H,6H2,1-3H3,(H3,13,14,15). The van der Waals surface area contributed by atoms with Gasteiger partial charge in [0, 0.05) is 18.9 Å². The van der Waals surface area contributed by atoms with Crippen LogP contribution in [0.5, 0.6) is 0 Å². The molecule has 16 heavy (non-hydrogen) atoms. The van der Waals surface area contributed by atoms with Crippen LogP contribution in [-0.2, 0) is 4.74 Å². The predicted octanol–water partition coefficient (Wildman–Crippen LogP) is 2.40. The van der Waals surface area contributed by atoms with Gasteiger partial charge in [-0.3, -0.25) is 0 Å². The smallest absolute Gasteiger partial charge is 0.133 e. The number of nitrogens with zero attached hydrogens (tertiary/aromatic N) is 1. The molecule has 3 N–H and O–H groups in total. The number of ether oxygens (including phenoxy) is 1. The van der Waals surface area contributed by atoms with Gasteiger partial charge in [0.2, 0.25) is 0 Å². The molecule has 1 heterocycles. The number of methoxy groups -OCH3 is 1. The molecule has 0 aliphatic carbocycles. The van der Waals surface area contributed by atoms with Gasteiger partial charge in [0.1, 0.15) is 11.0 Å². The van der Waals surface area contributed by atoms with Crippen molar-refractivity contribution in [1.82, 2.24) is 4.98 Å². The van der Waals surface area contributed by atoms with E-state index in [1.807, 2.05) is 0 Å². The van der Waals surface area contributed by atoms with E-state index in [9.17, 15) is 0 Å². The molecule has 4 nitrogen and oxygen atoms in total. The van der Waals surface area contributed by atoms with E-state index in [1.54, 1.807) is 19.2 Å². The number of hydrogen-bond donors (Lipinski definition) is 2. The van der Waals surface area contributed by atoms with E-state index < -0.39 is 0 Å². The van der Waals surface area contributed by atoms with Crippen LogP contribution in [0, 0.1) is 5.92 Å². The Morgan fingerprint density at radius 2 is 2.19 bits per heavy atom. The van der Waals surface area contributed by atoms with Gasteiger partial charge < -0.3 is 15.8 Å². The summed E-state index contributed by atoms with van der Waals surface area (Å²) in [5, 5.41) is 3.65. The average molecular weight is 244 g/mol. The van der Waals surface area contributed by atoms with Gasteiger partial charge in [-0.25, -0.2) is 4.98 Å². The van der Waals surface area contributed by atoms with Gasteiger partial charge in [-0.2, -0.15) is 0 Å². The van der Waals surface area contributed by atoms with E-state index in [0.717, 1.165) is 0 Å². The lowest BCUT2D eigenvalue weighted by Gasteiger charge is -2.22. The normalized spacial score (nSPS) is 12.8. The molecule has 90 valence electrons. The van der Waals surface area contributed by atoms with Crippen molar-refractivity contribution in [2.45, 2.75) is 19.9 Å². The van der Waals surface area contributed by atoms with Crippen molar-refractivity contribution in [3.8, 4) is 0 Å². The molecule has 0 radical (unpaired) electrons. The summed E-state index contributed by atoms with van der Waals surface area (Å²) >= 11 is 5.83. The summed E-state index contributed by atoms with van der Waals surface area (Å²) in [7, 11) is 1.68. The van der Waals surface area contributed by atoms with Crippen LogP contribution >= 0.6 is 11.6 Å². The molecule has 1 rings (SSSR count). The third-order valence-corrected chi connectivity index (χ3v) is 2.49. The largest absolute Gasteiger partial charge is 0.399 e. The summed E-state index contributed by atoms with van der Waals surface area (Å²) in [5.41, 5.74) is 6.29. The van der Waals surface area contributed by atoms with Crippen LogP contribution in [0.2, 0.25) is 5.15 Å². The molecule has 0 spiro atoms. The number of nitrogens with one attached hydrogen (secondary N) is 1. The van der Waals surface area contributed by atoms with Crippen LogP contribution in [0.15, 0.2) is 12.1 Å². The molecule has 0 amide bonds. The lowest BCUT2D eigenvalue weighted by Crippen LogP contribution is -2.30. The van der Waals surface area contributed by atoms with E-state index in [0.29, 0.717) is 29.2 Å². The third kappa shape index (κ3) is 3.87. The second-order valence-electron chi connectivity index (χ2n) is 4.06. The van der Waals surface area contributed by atoms with Crippen molar-refractivity contribution in [2.75, 3.05) is 24.8 Å². The number of hydrogen-bond acceptors (Lipinski definition) is 4. The highest BCUT2D eigenvalue weighted by Gasteiger charge is 2.13. The summed E-state index contributed by atoms with van der Waals surface area (Å²) in [5.74, 6) is 1.11. The number of pyridine rings is 1. The van der Waals surface area contributed by atoms with Crippen LogP contribution in [0.3, 0.4) is 0 Å². The molecular formula is C11H18ClN3O. The van der Waals surface area contributed by atoms with E-state index in [-0.39, 0.29) is 6.04 Å². The van der Waals surface area contributed by atoms with Gasteiger partial charge in [0.25, 0.3) is 0 Å². The van der Waals surface area contributed by atoms with Gasteiger partial charge in [0.05, 0.1) is 12.6 Å². The summed E-state index contributed by atoms with van der Waals surface area (Å²) in [6, 6.07) is 3.57. The van der Waals surface area contributed by atoms with E-state index in [1.165, 1.54) is 0 Å². The van der Waals surface area contributed by atoms with Crippen LogP contribution < -0.4 is 11.1 Å². The Morgan fingerprint density at radius 3 is 2.69 bits per heavy atom. The SMILES string of the molecule is COCC(Nc1cc(N)cc(Cl)n1)C(C)C. The molecule has 0 aliphatic heterocycles. The van der Waals surface area contributed by atoms with Crippen molar-refractivity contribution in [3.63, 3.8) is 0 Å². The Hall–Kier alpha value is -1.00. The quantitative estimate of drug-likeness (QED) is 0.780. The summed E-state index contributed by atoms with van der Waals surface area (Å²) in [6.07, 6.45) is 0. The van der Waals surface area contributed by atoms with Crippen LogP contribution in [0.1, 0.15) is 13.8 Å². The van der Waals surface area contributed by atoms with E-state index >= 15 is 0 Å². The summed E-state index contributed by atoms with van der Waals surface area (Å²) < 4.78 is 5.14. The van der Waals surface area contributed by atoms with Crippen molar-refractivity contribution >= 4 is 23.1 Å².